The van der Waals surface area contributed by atoms with E-state index in [2.05, 4.69) is 55.3 Å². The van der Waals surface area contributed by atoms with Crippen molar-refractivity contribution in [3.63, 3.8) is 0 Å². The largest absolute Gasteiger partial charge is 0.460 e. The molecule has 0 aliphatic heterocycles. The number of alkyl halides is 31. The molecule has 150 heavy (non-hydrogen) atoms. The molecule has 1 atom stereocenters. The molecule has 0 radical (unpaired) electrons. The van der Waals surface area contributed by atoms with Crippen molar-refractivity contribution in [1.29, 1.82) is 0 Å². The highest BCUT2D eigenvalue weighted by molar-refractivity contribution is 7.90. The van der Waals surface area contributed by atoms with Gasteiger partial charge in [0.15, 0.2) is 0 Å². The van der Waals surface area contributed by atoms with Crippen LogP contribution in [0.3, 0.4) is 0 Å². The van der Waals surface area contributed by atoms with Gasteiger partial charge in [-0.3, -0.25) is 0 Å². The number of halogens is 31. The maximum atomic E-state index is 14.9. The van der Waals surface area contributed by atoms with Crippen molar-refractivity contribution >= 4 is 139 Å². The smallest absolute Gasteiger partial charge is 0.334 e. The summed E-state index contributed by atoms with van der Waals surface area (Å²) in [6.07, 6.45) is -34.5. The molecule has 10 aromatic carbocycles. The molecule has 0 amide bonds. The van der Waals surface area contributed by atoms with E-state index < -0.39 is 161 Å². The van der Waals surface area contributed by atoms with Gasteiger partial charge in [-0.2, -0.15) is 136 Å². The summed E-state index contributed by atoms with van der Waals surface area (Å²) in [5, 5.41) is -2.55. The van der Waals surface area contributed by atoms with E-state index in [4.69, 9.17) is 0 Å². The van der Waals surface area contributed by atoms with Crippen molar-refractivity contribution < 1.29 is 162 Å². The van der Waals surface area contributed by atoms with E-state index in [-0.39, 0.29) is 110 Å². The minimum Gasteiger partial charge on any atom is -0.334 e. The molecule has 8 nitrogen and oxygen atoms in total. The van der Waals surface area contributed by atoms with E-state index in [1.807, 2.05) is 177 Å². The third kappa shape index (κ3) is 23.0. The second-order valence-corrected chi connectivity index (χ2v) is 65.3. The van der Waals surface area contributed by atoms with Gasteiger partial charge >= 0.3 is 82.7 Å². The van der Waals surface area contributed by atoms with Crippen LogP contribution < -0.4 is 0 Å². The molecule has 10 rings (SSSR count). The van der Waals surface area contributed by atoms with Crippen LogP contribution in [0.25, 0.3) is 86.2 Å². The number of fused-ring (bicyclic) bond motifs is 8. The van der Waals surface area contributed by atoms with E-state index in [1.54, 1.807) is 79.7 Å². The Hall–Kier alpha value is -9.04. The van der Waals surface area contributed by atoms with Crippen LogP contribution in [0, 0.1) is 45.9 Å². The molecule has 0 fully saturated rings. The van der Waals surface area contributed by atoms with Gasteiger partial charge in [-0.1, -0.05) is 232 Å². The van der Waals surface area contributed by atoms with Gasteiger partial charge in [0.25, 0.3) is 20.0 Å². The molecular weight excluding hydrogens is 2150 g/mol. The highest BCUT2D eigenvalue weighted by Gasteiger charge is 2.87. The molecule has 0 saturated heterocycles. The lowest BCUT2D eigenvalue weighted by Crippen LogP contribution is -2.65. The van der Waals surface area contributed by atoms with Gasteiger partial charge < -0.3 is 9.47 Å². The Morgan fingerprint density at radius 1 is 0.267 bits per heavy atom. The van der Waals surface area contributed by atoms with Crippen LogP contribution in [0.15, 0.2) is 146 Å². The molecule has 0 N–H and O–H groups in total. The standard InChI is InChI=1S/C54H58F18N2O4S2Si2.C51H55F13O2Si2/c1-33(2)81(34(3)4,25-15-23-73(9)79(75,76)53(69,70)49(59,60)47(55,56)51(63,64)65)27-21-41-43-29-37-17-11-13-19-39(37)31-45(43)42(46-32-40-20-14-12-18-38(40)30-44(41)46)22-28-82(35(5)6,36(7)8)26-16-24-74(10)80(77,78)54(71,72)50(61,62)48(57,58)52(66,67)68;1-32(2)67(33(3)4,24-14-22-65-47(54,46(9,52)53)49(56,57)58)26-20-40-42-28-36-16-10-12-18-38(36)30-44(42)41(45-31-39-19-13-11-17-37(39)29-43(40)45)21-27-68(34(5)6,35(7)8)25-15-23-66-48(55,50(59,60)61)51(62,63)64/h11-14,17-20,29-36H,15-16,23-26H2,1-10H3;10-13,16-19,28-35H,14-15,22-25H2,1-9H3. The molecule has 0 heterocycles. The van der Waals surface area contributed by atoms with Crippen molar-refractivity contribution in [2.75, 3.05) is 40.4 Å². The minimum atomic E-state index is -7.45. The van der Waals surface area contributed by atoms with Gasteiger partial charge in [-0.05, 0) is 229 Å². The molecule has 10 aromatic rings. The summed E-state index contributed by atoms with van der Waals surface area (Å²) in [5.74, 6) is -31.8. The predicted molar refractivity (Wildman–Crippen MR) is 535 cm³/mol. The summed E-state index contributed by atoms with van der Waals surface area (Å²) >= 11 is 0. The molecule has 45 heteroatoms. The summed E-state index contributed by atoms with van der Waals surface area (Å²) in [6, 6.07) is 45.2. The van der Waals surface area contributed by atoms with Crippen molar-refractivity contribution in [2.45, 2.75) is 295 Å². The number of nitrogens with zero attached hydrogens (tertiary/aromatic N) is 2. The topological polar surface area (TPSA) is 93.2 Å². The van der Waals surface area contributed by atoms with Crippen LogP contribution in [-0.2, 0) is 29.5 Å². The van der Waals surface area contributed by atoms with Crippen molar-refractivity contribution in [3.8, 4) is 45.9 Å². The Labute approximate surface area is 853 Å². The Balaban J connectivity index is 0.000000339. The highest BCUT2D eigenvalue weighted by Crippen LogP contribution is 2.59. The fraction of sp³-hybridized carbons (Fsp3) is 0.505. The maximum absolute atomic E-state index is 14.9. The Morgan fingerprint density at radius 3 is 0.600 bits per heavy atom. The fourth-order valence-corrected chi connectivity index (χ4v) is 39.2. The quantitative estimate of drug-likeness (QED) is 0.0129. The predicted octanol–water partition coefficient (Wildman–Crippen LogP) is 33.9. The number of ether oxygens (including phenoxy) is 2. The van der Waals surface area contributed by atoms with Crippen LogP contribution in [0.2, 0.25) is 68.5 Å². The maximum Gasteiger partial charge on any atom is 0.460 e. The fourth-order valence-electron chi connectivity index (χ4n) is 19.6. The number of hydrogen-bond acceptors (Lipinski definition) is 6. The molecule has 0 aromatic heterocycles. The monoisotopic (exact) mass is 2260 g/mol. The van der Waals surface area contributed by atoms with Crippen molar-refractivity contribution in [1.82, 2.24) is 8.61 Å². The molecule has 824 valence electrons. The summed E-state index contributed by atoms with van der Waals surface area (Å²) < 4.78 is 486. The second-order valence-electron chi connectivity index (χ2n) is 40.5. The number of sulfonamides is 2. The van der Waals surface area contributed by atoms with Crippen LogP contribution >= 0.6 is 0 Å². The van der Waals surface area contributed by atoms with E-state index in [9.17, 15) is 153 Å². The van der Waals surface area contributed by atoms with Crippen LogP contribution in [0.1, 0.15) is 166 Å². The van der Waals surface area contributed by atoms with E-state index >= 15 is 0 Å². The van der Waals surface area contributed by atoms with Crippen LogP contribution in [0.5, 0.6) is 0 Å². The van der Waals surface area contributed by atoms with E-state index in [1.165, 1.54) is 0 Å². The van der Waals surface area contributed by atoms with E-state index in [0.717, 1.165) is 43.1 Å². The van der Waals surface area contributed by atoms with Gasteiger partial charge in [-0.25, -0.2) is 25.6 Å². The number of rotatable bonds is 35. The molecule has 0 aliphatic carbocycles. The van der Waals surface area contributed by atoms with Crippen molar-refractivity contribution in [2.24, 2.45) is 0 Å². The summed E-state index contributed by atoms with van der Waals surface area (Å²) in [6.45, 7) is 25.5. The first kappa shape index (κ1) is 124. The SMILES string of the molecule is CC(C)[Si](C#Cc1c2cc3ccccc3cc2c(C#C[Si](CCCN(C)S(=O)(=O)C(F)(F)C(F)(F)C(F)(F)C(F)(F)F)(C(C)C)C(C)C)c2cc3ccccc3cc12)(CCCN(C)S(=O)(=O)C(F)(F)C(F)(F)C(F)(F)C(F)(F)F)C(C)C.CC(C)[Si](C#Cc1c2cc3ccccc3cc2c(C#C[Si](CCCOC(F)(C(F)(F)F)C(F)(F)F)(C(C)C)C(C)C)c2cc3ccccc3cc12)(CCCOC(F)(C(C)(F)F)C(F)(F)F)C(C)C. The second kappa shape index (κ2) is 44.3. The average molecular weight is 2260 g/mol. The Bertz CT molecular complexity index is 6460. The van der Waals surface area contributed by atoms with Gasteiger partial charge in [0.1, 0.15) is 32.3 Å². The molecule has 1 unspecified atom stereocenters. The van der Waals surface area contributed by atoms with Gasteiger partial charge in [0, 0.05) is 56.4 Å². The highest BCUT2D eigenvalue weighted by atomic mass is 32.2. The van der Waals surface area contributed by atoms with Gasteiger partial charge in [0.05, 0.1) is 13.2 Å². The Kier molecular flexibility index (Phi) is 36.8. The number of hydrogen-bond donors (Lipinski definition) is 0. The lowest BCUT2D eigenvalue weighted by atomic mass is 9.89. The van der Waals surface area contributed by atoms with Gasteiger partial charge in [0.2, 0.25) is 0 Å². The van der Waals surface area contributed by atoms with Crippen LogP contribution in [0.4, 0.5) is 136 Å². The summed E-state index contributed by atoms with van der Waals surface area (Å²) in [4.78, 5) is 0. The summed E-state index contributed by atoms with van der Waals surface area (Å²) in [7, 11) is -25.5. The van der Waals surface area contributed by atoms with Gasteiger partial charge in [-0.15, -0.1) is 22.2 Å². The van der Waals surface area contributed by atoms with E-state index in [0.29, 0.717) is 79.4 Å². The molecule has 0 spiro atoms. The third-order valence-corrected chi connectivity index (χ3v) is 56.6. The van der Waals surface area contributed by atoms with Crippen molar-refractivity contribution in [3.05, 3.63) is 168 Å². The first-order chi connectivity index (χ1) is 68.4. The zero-order valence-electron chi connectivity index (χ0n) is 84.8. The first-order valence-electron chi connectivity index (χ1n) is 47.7. The molecule has 0 bridgehead atoms. The molecule has 0 saturated carbocycles. The zero-order valence-corrected chi connectivity index (χ0v) is 90.5. The summed E-state index contributed by atoms with van der Waals surface area (Å²) in [5.41, 5.74) is 14.5. The number of benzene rings is 10. The normalized spacial score (nSPS) is 14.6. The molecule has 0 aliphatic rings. The van der Waals surface area contributed by atoms with Crippen LogP contribution in [-0.4, -0.2) is 181 Å². The Morgan fingerprint density at radius 2 is 0.440 bits per heavy atom. The third-order valence-electron chi connectivity index (χ3n) is 29.2. The first-order valence-corrected chi connectivity index (χ1v) is 60.0. The lowest BCUT2D eigenvalue weighted by Gasteiger charge is -2.36. The average Bonchev–Trinajstić information content (AvgIpc) is 0.725. The minimum absolute atomic E-state index is 0.0249. The lowest BCUT2D eigenvalue weighted by molar-refractivity contribution is -0.429. The zero-order chi connectivity index (χ0) is 114. The molecular formula is C105H113F31N2O6S2Si4.